The number of hydrogen-bond donors (Lipinski definition) is 0. The summed E-state index contributed by atoms with van der Waals surface area (Å²) in [6.45, 7) is 2.35. The first-order chi connectivity index (χ1) is 5.76. The normalized spacial score (nSPS) is 36.8. The molecule has 0 aromatic heterocycles. The second-order valence-electron chi connectivity index (χ2n) is 4.15. The first-order valence-corrected chi connectivity index (χ1v) is 4.64. The molecule has 0 N–H and O–H groups in total. The average molecular weight is 164 g/mol. The van der Waals surface area contributed by atoms with Crippen molar-refractivity contribution in [1.82, 2.24) is 0 Å². The fourth-order valence-corrected chi connectivity index (χ4v) is 1.97. The fourth-order valence-electron chi connectivity index (χ4n) is 1.97. The predicted molar refractivity (Wildman–Crippen MR) is 49.9 cm³/mol. The molecule has 0 spiro atoms. The van der Waals surface area contributed by atoms with Crippen LogP contribution in [0.15, 0.2) is 24.3 Å². The van der Waals surface area contributed by atoms with Gasteiger partial charge in [0.15, 0.2) is 0 Å². The molecule has 0 aromatic rings. The zero-order chi connectivity index (χ0) is 8.60. The number of rotatable bonds is 2. The largest absolute Gasteiger partial charge is 0.377 e. The number of hydrogen-bond acceptors (Lipinski definition) is 1. The molecule has 1 saturated carbocycles. The topological polar surface area (TPSA) is 9.23 Å². The van der Waals surface area contributed by atoms with E-state index >= 15 is 0 Å². The van der Waals surface area contributed by atoms with Gasteiger partial charge in [-0.1, -0.05) is 31.2 Å². The van der Waals surface area contributed by atoms with E-state index in [1.54, 1.807) is 7.11 Å². The molecule has 0 heterocycles. The van der Waals surface area contributed by atoms with Crippen LogP contribution in [0, 0.1) is 11.3 Å². The van der Waals surface area contributed by atoms with Crippen LogP contribution >= 0.6 is 0 Å². The highest BCUT2D eigenvalue weighted by molar-refractivity contribution is 5.20. The Hall–Kier alpha value is -0.560. The van der Waals surface area contributed by atoms with Gasteiger partial charge in [0.1, 0.15) is 0 Å². The van der Waals surface area contributed by atoms with Crippen molar-refractivity contribution < 1.29 is 4.74 Å². The van der Waals surface area contributed by atoms with Crippen molar-refractivity contribution in [3.8, 4) is 0 Å². The fraction of sp³-hybridized carbons (Fsp3) is 0.636. The smallest absolute Gasteiger partial charge is 0.0822 e. The molecule has 0 aromatic carbocycles. The van der Waals surface area contributed by atoms with E-state index in [9.17, 15) is 0 Å². The molecule has 1 nitrogen and oxygen atoms in total. The summed E-state index contributed by atoms with van der Waals surface area (Å²) < 4.78 is 5.43. The lowest BCUT2D eigenvalue weighted by Crippen LogP contribution is -2.27. The standard InChI is InChI=1S/C11H16O/c1-11(7-8-11)9-5-3-4-6-10(9)12-2/h3-6,9-10H,7-8H2,1-2H3. The van der Waals surface area contributed by atoms with Crippen LogP contribution in [0.4, 0.5) is 0 Å². The van der Waals surface area contributed by atoms with Crippen LogP contribution in [0.25, 0.3) is 0 Å². The van der Waals surface area contributed by atoms with Crippen LogP contribution in [0.2, 0.25) is 0 Å². The molecule has 2 unspecified atom stereocenters. The highest BCUT2D eigenvalue weighted by Gasteiger charge is 2.46. The maximum absolute atomic E-state index is 5.43. The van der Waals surface area contributed by atoms with E-state index in [1.807, 2.05) is 0 Å². The summed E-state index contributed by atoms with van der Waals surface area (Å²) >= 11 is 0. The van der Waals surface area contributed by atoms with Gasteiger partial charge >= 0.3 is 0 Å². The molecule has 2 rings (SSSR count). The Kier molecular flexibility index (Phi) is 1.84. The Labute approximate surface area is 74.1 Å². The Bertz CT molecular complexity index is 223. The van der Waals surface area contributed by atoms with Crippen LogP contribution in [-0.2, 0) is 4.74 Å². The zero-order valence-corrected chi connectivity index (χ0v) is 7.79. The molecule has 2 atom stereocenters. The van der Waals surface area contributed by atoms with Crippen molar-refractivity contribution >= 4 is 0 Å². The summed E-state index contributed by atoms with van der Waals surface area (Å²) in [7, 11) is 1.80. The molecule has 2 aliphatic rings. The van der Waals surface area contributed by atoms with Gasteiger partial charge in [-0.3, -0.25) is 0 Å². The second kappa shape index (κ2) is 2.74. The minimum absolute atomic E-state index is 0.308. The summed E-state index contributed by atoms with van der Waals surface area (Å²) in [4.78, 5) is 0. The summed E-state index contributed by atoms with van der Waals surface area (Å²) in [6, 6.07) is 0. The van der Waals surface area contributed by atoms with Gasteiger partial charge in [-0.15, -0.1) is 0 Å². The second-order valence-corrected chi connectivity index (χ2v) is 4.15. The van der Waals surface area contributed by atoms with E-state index in [2.05, 4.69) is 31.2 Å². The van der Waals surface area contributed by atoms with Crippen molar-refractivity contribution in [2.24, 2.45) is 11.3 Å². The minimum atomic E-state index is 0.308. The summed E-state index contributed by atoms with van der Waals surface area (Å²) in [6.07, 6.45) is 11.7. The van der Waals surface area contributed by atoms with E-state index in [0.29, 0.717) is 17.4 Å². The van der Waals surface area contributed by atoms with Crippen molar-refractivity contribution in [3.05, 3.63) is 24.3 Å². The van der Waals surface area contributed by atoms with Crippen molar-refractivity contribution in [3.63, 3.8) is 0 Å². The molecule has 0 saturated heterocycles. The van der Waals surface area contributed by atoms with Gasteiger partial charge in [-0.05, 0) is 18.3 Å². The summed E-state index contributed by atoms with van der Waals surface area (Å²) in [5.41, 5.74) is 0.530. The van der Waals surface area contributed by atoms with Crippen molar-refractivity contribution in [2.45, 2.75) is 25.9 Å². The third-order valence-electron chi connectivity index (χ3n) is 3.20. The van der Waals surface area contributed by atoms with Gasteiger partial charge in [0.05, 0.1) is 6.10 Å². The van der Waals surface area contributed by atoms with Gasteiger partial charge in [-0.2, -0.15) is 0 Å². The predicted octanol–water partition coefficient (Wildman–Crippen LogP) is 2.54. The molecular weight excluding hydrogens is 148 g/mol. The maximum Gasteiger partial charge on any atom is 0.0822 e. The molecule has 0 radical (unpaired) electrons. The number of methoxy groups -OCH3 is 1. The average Bonchev–Trinajstić information content (AvgIpc) is 2.85. The zero-order valence-electron chi connectivity index (χ0n) is 7.79. The van der Waals surface area contributed by atoms with Gasteiger partial charge in [0, 0.05) is 13.0 Å². The quantitative estimate of drug-likeness (QED) is 0.609. The molecule has 0 aliphatic heterocycles. The van der Waals surface area contributed by atoms with E-state index in [4.69, 9.17) is 4.74 Å². The van der Waals surface area contributed by atoms with Crippen LogP contribution in [-0.4, -0.2) is 13.2 Å². The lowest BCUT2D eigenvalue weighted by Gasteiger charge is -2.28. The van der Waals surface area contributed by atoms with Gasteiger partial charge in [0.25, 0.3) is 0 Å². The van der Waals surface area contributed by atoms with Gasteiger partial charge in [-0.25, -0.2) is 0 Å². The lowest BCUT2D eigenvalue weighted by molar-refractivity contribution is 0.0790. The van der Waals surface area contributed by atoms with Crippen LogP contribution < -0.4 is 0 Å². The monoisotopic (exact) mass is 164 g/mol. The lowest BCUT2D eigenvalue weighted by atomic mass is 9.83. The molecular formula is C11H16O. The molecule has 0 amide bonds. The molecule has 2 aliphatic carbocycles. The first kappa shape index (κ1) is 8.06. The van der Waals surface area contributed by atoms with Crippen molar-refractivity contribution in [2.75, 3.05) is 7.11 Å². The highest BCUT2D eigenvalue weighted by Crippen LogP contribution is 2.54. The Morgan fingerprint density at radius 2 is 1.92 bits per heavy atom. The SMILES string of the molecule is COC1C=CC=CC1C1(C)CC1. The van der Waals surface area contributed by atoms with E-state index in [1.165, 1.54) is 12.8 Å². The molecule has 66 valence electrons. The van der Waals surface area contributed by atoms with E-state index in [-0.39, 0.29) is 0 Å². The third kappa shape index (κ3) is 1.22. The van der Waals surface area contributed by atoms with Crippen LogP contribution in [0.5, 0.6) is 0 Å². The summed E-state index contributed by atoms with van der Waals surface area (Å²) in [5.74, 6) is 0.604. The maximum atomic E-state index is 5.43. The third-order valence-corrected chi connectivity index (χ3v) is 3.20. The molecule has 12 heavy (non-hydrogen) atoms. The van der Waals surface area contributed by atoms with E-state index in [0.717, 1.165) is 0 Å². The Balaban J connectivity index is 2.13. The van der Waals surface area contributed by atoms with Gasteiger partial charge < -0.3 is 4.74 Å². The van der Waals surface area contributed by atoms with Gasteiger partial charge in [0.2, 0.25) is 0 Å². The Morgan fingerprint density at radius 3 is 2.50 bits per heavy atom. The minimum Gasteiger partial charge on any atom is -0.377 e. The van der Waals surface area contributed by atoms with Crippen molar-refractivity contribution in [1.29, 1.82) is 0 Å². The molecule has 1 heteroatoms. The highest BCUT2D eigenvalue weighted by atomic mass is 16.5. The molecule has 0 bridgehead atoms. The Morgan fingerprint density at radius 1 is 1.25 bits per heavy atom. The molecule has 1 fully saturated rings. The van der Waals surface area contributed by atoms with Crippen LogP contribution in [0.1, 0.15) is 19.8 Å². The number of ether oxygens (including phenoxy) is 1. The number of allylic oxidation sites excluding steroid dienone is 2. The first-order valence-electron chi connectivity index (χ1n) is 4.64. The van der Waals surface area contributed by atoms with E-state index < -0.39 is 0 Å². The summed E-state index contributed by atoms with van der Waals surface area (Å²) in [5, 5.41) is 0. The van der Waals surface area contributed by atoms with Crippen LogP contribution in [0.3, 0.4) is 0 Å².